The molecule has 0 amide bonds. The summed E-state index contributed by atoms with van der Waals surface area (Å²) in [6.45, 7) is 13.0. The number of fused-ring (bicyclic) bond motifs is 3. The number of carbonyl (C=O) groups is 1. The van der Waals surface area contributed by atoms with Crippen molar-refractivity contribution in [1.82, 2.24) is 4.90 Å². The molecule has 0 fully saturated rings. The van der Waals surface area contributed by atoms with Crippen molar-refractivity contribution >= 4 is 12.0 Å². The standard InChI is InChI=1S/C28H32N2O2.C5H12O/c1-19-6-8-21(9-7-19)26-17-27-25-11-10-23(32-5)16-22(25)18-30(14-13-29(3)4)28(27)20(2)24(26)12-15-31;1-5(2,3)6-4/h6-11,15-17H,12-14,18H2,1-5H3;1-4H3. The number of ether oxygens (including phenoxy) is 2. The van der Waals surface area contributed by atoms with Crippen LogP contribution in [0.3, 0.4) is 0 Å². The van der Waals surface area contributed by atoms with E-state index in [0.717, 1.165) is 48.4 Å². The lowest BCUT2D eigenvalue weighted by molar-refractivity contribution is -0.107. The third-order valence-electron chi connectivity index (χ3n) is 7.04. The highest BCUT2D eigenvalue weighted by Crippen LogP contribution is 2.46. The second-order valence-corrected chi connectivity index (χ2v) is 11.2. The second kappa shape index (κ2) is 12.6. The number of rotatable bonds is 7. The van der Waals surface area contributed by atoms with Gasteiger partial charge in [0.2, 0.25) is 0 Å². The van der Waals surface area contributed by atoms with Crippen molar-refractivity contribution < 1.29 is 14.3 Å². The Hall–Kier alpha value is -3.15. The van der Waals surface area contributed by atoms with Gasteiger partial charge in [0.05, 0.1) is 12.7 Å². The van der Waals surface area contributed by atoms with Crippen molar-refractivity contribution in [3.63, 3.8) is 0 Å². The van der Waals surface area contributed by atoms with Crippen molar-refractivity contribution in [1.29, 1.82) is 0 Å². The number of aldehydes is 1. The summed E-state index contributed by atoms with van der Waals surface area (Å²) >= 11 is 0. The molecule has 0 N–H and O–H groups in total. The van der Waals surface area contributed by atoms with E-state index in [2.05, 4.69) is 80.2 Å². The maximum Gasteiger partial charge on any atom is 0.124 e. The fourth-order valence-electron chi connectivity index (χ4n) is 4.68. The van der Waals surface area contributed by atoms with Gasteiger partial charge in [-0.1, -0.05) is 35.9 Å². The van der Waals surface area contributed by atoms with Crippen LogP contribution in [0.1, 0.15) is 43.0 Å². The SMILES string of the molecule is COC(C)(C)C.COc1ccc2c(c1)CN(CCN(C)C)c1c-2cc(-c2ccc(C)cc2)c(CC=O)c1C. The third kappa shape index (κ3) is 7.03. The highest BCUT2D eigenvalue weighted by Gasteiger charge is 2.27. The normalized spacial score (nSPS) is 12.4. The summed E-state index contributed by atoms with van der Waals surface area (Å²) in [5.74, 6) is 0.882. The zero-order chi connectivity index (χ0) is 28.0. The Morgan fingerprint density at radius 2 is 1.61 bits per heavy atom. The van der Waals surface area contributed by atoms with E-state index in [-0.39, 0.29) is 5.60 Å². The van der Waals surface area contributed by atoms with Gasteiger partial charge >= 0.3 is 0 Å². The van der Waals surface area contributed by atoms with Gasteiger partial charge in [-0.25, -0.2) is 0 Å². The zero-order valence-corrected chi connectivity index (χ0v) is 24.6. The average molecular weight is 517 g/mol. The molecule has 0 saturated heterocycles. The second-order valence-electron chi connectivity index (χ2n) is 11.2. The van der Waals surface area contributed by atoms with Crippen molar-refractivity contribution in [2.24, 2.45) is 0 Å². The van der Waals surface area contributed by atoms with Gasteiger partial charge in [-0.3, -0.25) is 0 Å². The molecule has 0 aromatic heterocycles. The number of nitrogens with zero attached hydrogens (tertiary/aromatic N) is 2. The molecule has 3 aromatic rings. The van der Waals surface area contributed by atoms with Gasteiger partial charge in [-0.2, -0.15) is 0 Å². The molecule has 0 aliphatic carbocycles. The Kier molecular flexibility index (Phi) is 9.75. The Morgan fingerprint density at radius 1 is 0.947 bits per heavy atom. The minimum atomic E-state index is 0.0417. The van der Waals surface area contributed by atoms with Gasteiger partial charge in [-0.05, 0) is 100 Å². The van der Waals surface area contributed by atoms with Crippen LogP contribution < -0.4 is 9.64 Å². The maximum atomic E-state index is 11.7. The average Bonchev–Trinajstić information content (AvgIpc) is 2.88. The van der Waals surface area contributed by atoms with Gasteiger partial charge in [-0.15, -0.1) is 0 Å². The molecule has 0 saturated carbocycles. The maximum absolute atomic E-state index is 11.7. The summed E-state index contributed by atoms with van der Waals surface area (Å²) in [5, 5.41) is 0. The lowest BCUT2D eigenvalue weighted by atomic mass is 9.84. The molecule has 204 valence electrons. The van der Waals surface area contributed by atoms with E-state index in [9.17, 15) is 4.79 Å². The summed E-state index contributed by atoms with van der Waals surface area (Å²) in [5.41, 5.74) is 10.9. The molecule has 1 aliphatic heterocycles. The van der Waals surface area contributed by atoms with E-state index in [1.807, 2.05) is 26.8 Å². The molecule has 1 heterocycles. The van der Waals surface area contributed by atoms with Gasteiger partial charge in [0.1, 0.15) is 12.0 Å². The van der Waals surface area contributed by atoms with E-state index in [0.29, 0.717) is 6.42 Å². The van der Waals surface area contributed by atoms with Crippen LogP contribution in [-0.4, -0.2) is 58.2 Å². The molecule has 0 spiro atoms. The monoisotopic (exact) mass is 516 g/mol. The van der Waals surface area contributed by atoms with Crippen LogP contribution in [0.4, 0.5) is 5.69 Å². The van der Waals surface area contributed by atoms with Crippen LogP contribution in [0.15, 0.2) is 48.5 Å². The Labute approximate surface area is 229 Å². The fourth-order valence-corrected chi connectivity index (χ4v) is 4.68. The summed E-state index contributed by atoms with van der Waals surface area (Å²) in [7, 11) is 7.63. The van der Waals surface area contributed by atoms with Crippen LogP contribution in [0.25, 0.3) is 22.3 Å². The van der Waals surface area contributed by atoms with Crippen LogP contribution in [0, 0.1) is 13.8 Å². The Morgan fingerprint density at radius 3 is 2.16 bits per heavy atom. The predicted octanol–water partition coefficient (Wildman–Crippen LogP) is 6.70. The first-order valence-electron chi connectivity index (χ1n) is 13.3. The van der Waals surface area contributed by atoms with E-state index in [1.54, 1.807) is 14.2 Å². The van der Waals surface area contributed by atoms with E-state index in [4.69, 9.17) is 9.47 Å². The summed E-state index contributed by atoms with van der Waals surface area (Å²) in [6, 6.07) is 17.2. The van der Waals surface area contributed by atoms with Gasteiger partial charge in [0.15, 0.2) is 0 Å². The molecule has 0 bridgehead atoms. The number of methoxy groups -OCH3 is 2. The van der Waals surface area contributed by atoms with Crippen molar-refractivity contribution in [3.8, 4) is 28.0 Å². The van der Waals surface area contributed by atoms with Crippen LogP contribution in [0.5, 0.6) is 5.75 Å². The van der Waals surface area contributed by atoms with Crippen LogP contribution >= 0.6 is 0 Å². The molecule has 38 heavy (non-hydrogen) atoms. The quantitative estimate of drug-likeness (QED) is 0.327. The number of likely N-dealkylation sites (N-methyl/N-ethyl adjacent to an activating group) is 1. The third-order valence-corrected chi connectivity index (χ3v) is 7.04. The molecule has 4 rings (SSSR count). The molecular formula is C33H44N2O3. The minimum absolute atomic E-state index is 0.0417. The van der Waals surface area contributed by atoms with Gasteiger partial charge < -0.3 is 24.1 Å². The number of hydrogen-bond acceptors (Lipinski definition) is 5. The van der Waals surface area contributed by atoms with E-state index in [1.165, 1.54) is 33.5 Å². The molecule has 0 radical (unpaired) electrons. The number of benzene rings is 3. The summed E-state index contributed by atoms with van der Waals surface area (Å²) in [6.07, 6.45) is 1.44. The number of hydrogen-bond donors (Lipinski definition) is 0. The number of carbonyl (C=O) groups excluding carboxylic acids is 1. The van der Waals surface area contributed by atoms with E-state index < -0.39 is 0 Å². The Balaban J connectivity index is 0.000000599. The smallest absolute Gasteiger partial charge is 0.124 e. The summed E-state index contributed by atoms with van der Waals surface area (Å²) in [4.78, 5) is 16.3. The molecule has 0 atom stereocenters. The lowest BCUT2D eigenvalue weighted by Crippen LogP contribution is -2.34. The highest BCUT2D eigenvalue weighted by atomic mass is 16.5. The molecule has 5 nitrogen and oxygen atoms in total. The first-order valence-corrected chi connectivity index (χ1v) is 13.3. The Bertz CT molecular complexity index is 1240. The van der Waals surface area contributed by atoms with E-state index >= 15 is 0 Å². The van der Waals surface area contributed by atoms with Gasteiger partial charge in [0, 0.05) is 44.4 Å². The van der Waals surface area contributed by atoms with Crippen molar-refractivity contribution in [2.75, 3.05) is 46.3 Å². The van der Waals surface area contributed by atoms with Gasteiger partial charge in [0.25, 0.3) is 0 Å². The van der Waals surface area contributed by atoms with Crippen molar-refractivity contribution in [3.05, 3.63) is 70.8 Å². The largest absolute Gasteiger partial charge is 0.497 e. The molecule has 5 heteroatoms. The predicted molar refractivity (Wildman–Crippen MR) is 159 cm³/mol. The van der Waals surface area contributed by atoms with Crippen LogP contribution in [0.2, 0.25) is 0 Å². The molecule has 0 unspecified atom stereocenters. The number of aryl methyl sites for hydroxylation is 1. The number of anilines is 1. The molecule has 1 aliphatic rings. The topological polar surface area (TPSA) is 42.0 Å². The molecular weight excluding hydrogens is 472 g/mol. The van der Waals surface area contributed by atoms with Crippen molar-refractivity contribution in [2.45, 2.75) is 53.2 Å². The first-order chi connectivity index (χ1) is 18.0. The lowest BCUT2D eigenvalue weighted by Gasteiger charge is -2.36. The summed E-state index contributed by atoms with van der Waals surface area (Å²) < 4.78 is 10.5. The van der Waals surface area contributed by atoms with Crippen LogP contribution in [-0.2, 0) is 22.5 Å². The zero-order valence-electron chi connectivity index (χ0n) is 24.6. The minimum Gasteiger partial charge on any atom is -0.497 e. The molecule has 3 aromatic carbocycles. The fraction of sp³-hybridized carbons (Fsp3) is 0.424. The first kappa shape index (κ1) is 29.4. The highest BCUT2D eigenvalue weighted by molar-refractivity contribution is 5.92.